The maximum absolute atomic E-state index is 12.9. The van der Waals surface area contributed by atoms with Gasteiger partial charge in [-0.05, 0) is 82.5 Å². The lowest BCUT2D eigenvalue weighted by molar-refractivity contribution is -0.123. The molecule has 1 aromatic rings. The van der Waals surface area contributed by atoms with Crippen molar-refractivity contribution in [3.8, 4) is 0 Å². The molecule has 6 rings (SSSR count). The van der Waals surface area contributed by atoms with Gasteiger partial charge in [-0.15, -0.1) is 0 Å². The van der Waals surface area contributed by atoms with E-state index in [1.54, 1.807) is 0 Å². The fourth-order valence-corrected chi connectivity index (χ4v) is 6.58. The molecule has 3 saturated heterocycles. The summed E-state index contributed by atoms with van der Waals surface area (Å²) in [6.45, 7) is 1.91. The standard InChI is InChI=1S/C24H31N3O3/c28-22-24(20-6-1-2-7-21(20)25-22)10-12-26(13-11-24)18-14-16-8-9-17(15-18)27(16)23(29)30-19-4-3-5-19/h1-2,6-7,16-19H,3-5,8-15H2,(H,25,28). The Morgan fingerprint density at radius 3 is 2.37 bits per heavy atom. The smallest absolute Gasteiger partial charge is 0.410 e. The molecule has 30 heavy (non-hydrogen) atoms. The highest BCUT2D eigenvalue weighted by Crippen LogP contribution is 2.46. The lowest BCUT2D eigenvalue weighted by Crippen LogP contribution is -2.56. The first kappa shape index (κ1) is 18.7. The quantitative estimate of drug-likeness (QED) is 0.810. The molecule has 4 fully saturated rings. The Labute approximate surface area is 177 Å². The van der Waals surface area contributed by atoms with Crippen molar-refractivity contribution in [1.82, 2.24) is 9.80 Å². The summed E-state index contributed by atoms with van der Waals surface area (Å²) < 4.78 is 5.72. The number of fused-ring (bicyclic) bond motifs is 4. The SMILES string of the molecule is O=C(OC1CCC1)N1C2CCC1CC(N1CCC3(CC1)C(=O)Nc1ccccc13)C2. The van der Waals surface area contributed by atoms with Crippen molar-refractivity contribution in [2.24, 2.45) is 0 Å². The van der Waals surface area contributed by atoms with E-state index < -0.39 is 0 Å². The van der Waals surface area contributed by atoms with Crippen LogP contribution in [-0.2, 0) is 14.9 Å². The van der Waals surface area contributed by atoms with Gasteiger partial charge in [0.05, 0.1) is 5.41 Å². The van der Waals surface area contributed by atoms with E-state index in [9.17, 15) is 9.59 Å². The summed E-state index contributed by atoms with van der Waals surface area (Å²) in [5, 5.41) is 3.10. The highest BCUT2D eigenvalue weighted by Gasteiger charge is 2.51. The average Bonchev–Trinajstić information content (AvgIpc) is 3.15. The number of hydrogen-bond acceptors (Lipinski definition) is 4. The van der Waals surface area contributed by atoms with E-state index in [2.05, 4.69) is 21.2 Å². The van der Waals surface area contributed by atoms with E-state index in [0.29, 0.717) is 18.1 Å². The minimum absolute atomic E-state index is 0.0671. The topological polar surface area (TPSA) is 61.9 Å². The van der Waals surface area contributed by atoms with E-state index in [0.717, 1.165) is 70.1 Å². The fourth-order valence-electron chi connectivity index (χ4n) is 6.58. The lowest BCUT2D eigenvalue weighted by Gasteiger charge is -2.46. The van der Waals surface area contributed by atoms with E-state index in [1.807, 2.05) is 18.2 Å². The summed E-state index contributed by atoms with van der Waals surface area (Å²) in [4.78, 5) is 30.2. The third-order valence-corrected chi connectivity index (χ3v) is 8.53. The second-order valence-corrected chi connectivity index (χ2v) is 9.97. The molecule has 5 aliphatic rings. The second-order valence-electron chi connectivity index (χ2n) is 9.97. The first-order valence-corrected chi connectivity index (χ1v) is 11.8. The number of rotatable bonds is 2. The first-order valence-electron chi connectivity index (χ1n) is 11.8. The van der Waals surface area contributed by atoms with Crippen molar-refractivity contribution in [3.63, 3.8) is 0 Å². The van der Waals surface area contributed by atoms with Gasteiger partial charge in [0.1, 0.15) is 6.10 Å². The predicted molar refractivity (Wildman–Crippen MR) is 113 cm³/mol. The Balaban J connectivity index is 1.11. The summed E-state index contributed by atoms with van der Waals surface area (Å²) in [5.41, 5.74) is 1.83. The predicted octanol–water partition coefficient (Wildman–Crippen LogP) is 3.66. The fraction of sp³-hybridized carbons (Fsp3) is 0.667. The van der Waals surface area contributed by atoms with Gasteiger partial charge in [-0.1, -0.05) is 18.2 Å². The molecule has 6 nitrogen and oxygen atoms in total. The number of likely N-dealkylation sites (tertiary alicyclic amines) is 1. The first-order chi connectivity index (χ1) is 14.6. The van der Waals surface area contributed by atoms with Gasteiger partial charge in [0.15, 0.2) is 0 Å². The number of hydrogen-bond donors (Lipinski definition) is 1. The summed E-state index contributed by atoms with van der Waals surface area (Å²) in [5.74, 6) is 0.178. The molecule has 2 unspecified atom stereocenters. The monoisotopic (exact) mass is 409 g/mol. The minimum Gasteiger partial charge on any atom is -0.446 e. The number of piperidine rings is 2. The molecule has 1 aromatic carbocycles. The Bertz CT molecular complexity index is 845. The van der Waals surface area contributed by atoms with E-state index in [4.69, 9.17) is 4.74 Å². The molecule has 0 radical (unpaired) electrons. The molecule has 2 atom stereocenters. The Morgan fingerprint density at radius 2 is 1.70 bits per heavy atom. The molecule has 2 amide bonds. The molecule has 160 valence electrons. The third kappa shape index (κ3) is 2.79. The van der Waals surface area contributed by atoms with Crippen molar-refractivity contribution in [2.45, 2.75) is 87.4 Å². The van der Waals surface area contributed by atoms with Crippen LogP contribution in [0.4, 0.5) is 10.5 Å². The van der Waals surface area contributed by atoms with Gasteiger partial charge < -0.3 is 19.9 Å². The van der Waals surface area contributed by atoms with Crippen LogP contribution in [0.5, 0.6) is 0 Å². The van der Waals surface area contributed by atoms with Crippen LogP contribution in [0, 0.1) is 0 Å². The molecular formula is C24H31N3O3. The Morgan fingerprint density at radius 1 is 1.00 bits per heavy atom. The number of carbonyl (C=O) groups excluding carboxylic acids is 2. The van der Waals surface area contributed by atoms with Gasteiger partial charge in [0.2, 0.25) is 5.91 Å². The Hall–Kier alpha value is -2.08. The normalized spacial score (nSPS) is 32.6. The number of amides is 2. The van der Waals surface area contributed by atoms with Gasteiger partial charge in [0, 0.05) is 23.8 Å². The van der Waals surface area contributed by atoms with Crippen molar-refractivity contribution in [3.05, 3.63) is 29.8 Å². The van der Waals surface area contributed by atoms with Crippen LogP contribution in [-0.4, -0.2) is 59.1 Å². The van der Waals surface area contributed by atoms with Gasteiger partial charge in [0.25, 0.3) is 0 Å². The number of para-hydroxylation sites is 1. The van der Waals surface area contributed by atoms with Crippen LogP contribution < -0.4 is 5.32 Å². The van der Waals surface area contributed by atoms with Gasteiger partial charge >= 0.3 is 6.09 Å². The van der Waals surface area contributed by atoms with E-state index in [-0.39, 0.29) is 23.5 Å². The molecule has 1 spiro atoms. The Kier molecular flexibility index (Phi) is 4.34. The number of anilines is 1. The van der Waals surface area contributed by atoms with Crippen LogP contribution in [0.25, 0.3) is 0 Å². The van der Waals surface area contributed by atoms with Gasteiger partial charge in [-0.25, -0.2) is 4.79 Å². The number of carbonyl (C=O) groups is 2. The van der Waals surface area contributed by atoms with Gasteiger partial charge in [-0.2, -0.15) is 0 Å². The second kappa shape index (κ2) is 6.98. The molecular weight excluding hydrogens is 378 g/mol. The summed E-state index contributed by atoms with van der Waals surface area (Å²) in [7, 11) is 0. The molecule has 6 heteroatoms. The number of nitrogens with one attached hydrogen (secondary N) is 1. The number of benzene rings is 1. The minimum atomic E-state index is -0.348. The maximum Gasteiger partial charge on any atom is 0.410 e. The molecule has 0 aromatic heterocycles. The van der Waals surface area contributed by atoms with Gasteiger partial charge in [-0.3, -0.25) is 4.79 Å². The zero-order chi connectivity index (χ0) is 20.3. The van der Waals surface area contributed by atoms with E-state index in [1.165, 1.54) is 12.0 Å². The van der Waals surface area contributed by atoms with Crippen molar-refractivity contribution in [2.75, 3.05) is 18.4 Å². The molecule has 2 bridgehead atoms. The number of ether oxygens (including phenoxy) is 1. The van der Waals surface area contributed by atoms with Crippen molar-refractivity contribution >= 4 is 17.7 Å². The zero-order valence-corrected chi connectivity index (χ0v) is 17.5. The third-order valence-electron chi connectivity index (χ3n) is 8.53. The van der Waals surface area contributed by atoms with Crippen LogP contribution >= 0.6 is 0 Å². The maximum atomic E-state index is 12.9. The highest BCUT2D eigenvalue weighted by atomic mass is 16.6. The van der Waals surface area contributed by atoms with Crippen LogP contribution in [0.2, 0.25) is 0 Å². The molecule has 1 N–H and O–H groups in total. The summed E-state index contributed by atoms with van der Waals surface area (Å²) in [6.07, 6.45) is 9.42. The van der Waals surface area contributed by atoms with Crippen LogP contribution in [0.3, 0.4) is 0 Å². The molecule has 4 heterocycles. The molecule has 1 aliphatic carbocycles. The largest absolute Gasteiger partial charge is 0.446 e. The molecule has 4 aliphatic heterocycles. The van der Waals surface area contributed by atoms with Crippen LogP contribution in [0.1, 0.15) is 63.4 Å². The van der Waals surface area contributed by atoms with E-state index >= 15 is 0 Å². The summed E-state index contributed by atoms with van der Waals surface area (Å²) >= 11 is 0. The average molecular weight is 410 g/mol. The highest BCUT2D eigenvalue weighted by molar-refractivity contribution is 6.06. The van der Waals surface area contributed by atoms with Crippen LogP contribution in [0.15, 0.2) is 24.3 Å². The lowest BCUT2D eigenvalue weighted by atomic mass is 9.73. The van der Waals surface area contributed by atoms with Crippen molar-refractivity contribution < 1.29 is 14.3 Å². The summed E-state index contributed by atoms with van der Waals surface area (Å²) in [6, 6.07) is 9.35. The number of nitrogens with zero attached hydrogens (tertiary/aromatic N) is 2. The zero-order valence-electron chi connectivity index (χ0n) is 17.5. The molecule has 1 saturated carbocycles. The van der Waals surface area contributed by atoms with Crippen molar-refractivity contribution in [1.29, 1.82) is 0 Å².